The molecule has 2 aromatic carbocycles. The second-order valence-electron chi connectivity index (χ2n) is 8.63. The fourth-order valence-electron chi connectivity index (χ4n) is 5.70. The Kier molecular flexibility index (Phi) is 5.00. The number of ketones is 1. The number of aromatic hydroxyl groups is 2. The van der Waals surface area contributed by atoms with E-state index in [1.165, 1.54) is 7.11 Å². The van der Waals surface area contributed by atoms with Gasteiger partial charge in [-0.1, -0.05) is 17.7 Å². The van der Waals surface area contributed by atoms with Gasteiger partial charge in [-0.3, -0.25) is 4.79 Å². The van der Waals surface area contributed by atoms with Gasteiger partial charge in [-0.15, -0.1) is 11.8 Å². The lowest BCUT2D eigenvalue weighted by molar-refractivity contribution is -0.122. The Morgan fingerprint density at radius 1 is 1.19 bits per heavy atom. The molecule has 31 heavy (non-hydrogen) atoms. The number of Topliss-reactive ketones (excluding diaryl/α,β-unsaturated/α-hetero) is 1. The van der Waals surface area contributed by atoms with E-state index in [1.54, 1.807) is 17.8 Å². The van der Waals surface area contributed by atoms with Gasteiger partial charge in [0.25, 0.3) is 0 Å². The zero-order valence-electron chi connectivity index (χ0n) is 17.3. The van der Waals surface area contributed by atoms with Crippen LogP contribution in [0.15, 0.2) is 53.1 Å². The third-order valence-corrected chi connectivity index (χ3v) is 8.69. The Morgan fingerprint density at radius 3 is 2.65 bits per heavy atom. The number of nitrogens with zero attached hydrogens (tertiary/aromatic N) is 1. The summed E-state index contributed by atoms with van der Waals surface area (Å²) >= 11 is 7.80. The number of carbonyl (C=O) groups is 1. The zero-order valence-corrected chi connectivity index (χ0v) is 18.9. The van der Waals surface area contributed by atoms with Gasteiger partial charge in [0, 0.05) is 39.3 Å². The second-order valence-corrected chi connectivity index (χ2v) is 10.3. The van der Waals surface area contributed by atoms with Crippen LogP contribution < -0.4 is 0 Å². The predicted molar refractivity (Wildman–Crippen MR) is 121 cm³/mol. The molecular weight excluding hydrogens is 434 g/mol. The first-order valence-electron chi connectivity index (χ1n) is 10.3. The Hall–Kier alpha value is -2.15. The minimum absolute atomic E-state index is 0.00587. The number of likely N-dealkylation sites (N-methyl/N-ethyl adjacent to an activating group) is 1. The van der Waals surface area contributed by atoms with Crippen LogP contribution in [-0.4, -0.2) is 47.6 Å². The van der Waals surface area contributed by atoms with Crippen LogP contribution in [0.3, 0.4) is 0 Å². The summed E-state index contributed by atoms with van der Waals surface area (Å²) in [6.07, 6.45) is 2.95. The lowest BCUT2D eigenvalue weighted by Crippen LogP contribution is -2.61. The number of phenolic OH excluding ortho intramolecular Hbond substituents is 2. The molecule has 2 N–H and O–H groups in total. The number of benzene rings is 2. The quantitative estimate of drug-likeness (QED) is 0.653. The maximum absolute atomic E-state index is 12.9. The van der Waals surface area contributed by atoms with E-state index in [4.69, 9.17) is 16.3 Å². The Morgan fingerprint density at radius 2 is 1.94 bits per heavy atom. The largest absolute Gasteiger partial charge is 0.504 e. The summed E-state index contributed by atoms with van der Waals surface area (Å²) in [7, 11) is 3.65. The van der Waals surface area contributed by atoms with Crippen LogP contribution in [0.5, 0.6) is 11.5 Å². The molecule has 4 atom stereocenters. The summed E-state index contributed by atoms with van der Waals surface area (Å²) in [5, 5.41) is 22.1. The molecule has 0 amide bonds. The molecule has 3 aliphatic rings. The lowest BCUT2D eigenvalue weighted by Gasteiger charge is -2.58. The molecule has 1 heterocycles. The highest BCUT2D eigenvalue weighted by molar-refractivity contribution is 7.99. The molecule has 1 aliphatic heterocycles. The first-order chi connectivity index (χ1) is 14.9. The topological polar surface area (TPSA) is 70.0 Å². The van der Waals surface area contributed by atoms with Crippen molar-refractivity contribution in [3.8, 4) is 11.5 Å². The third kappa shape index (κ3) is 3.07. The number of carbonyl (C=O) groups excluding carboxylic acids is 1. The normalized spacial score (nSPS) is 29.7. The van der Waals surface area contributed by atoms with E-state index >= 15 is 0 Å². The third-order valence-electron chi connectivity index (χ3n) is 7.11. The molecule has 0 spiro atoms. The van der Waals surface area contributed by atoms with E-state index in [0.29, 0.717) is 16.3 Å². The average Bonchev–Trinajstić information content (AvgIpc) is 2.75. The average molecular weight is 458 g/mol. The van der Waals surface area contributed by atoms with Crippen molar-refractivity contribution in [3.05, 3.63) is 64.4 Å². The van der Waals surface area contributed by atoms with Gasteiger partial charge in [0.15, 0.2) is 23.0 Å². The summed E-state index contributed by atoms with van der Waals surface area (Å²) in [6, 6.07) is 11.3. The second kappa shape index (κ2) is 7.47. The van der Waals surface area contributed by atoms with E-state index in [-0.39, 0.29) is 40.9 Å². The Labute approximate surface area is 190 Å². The number of fused-ring (bicyclic) bond motifs is 1. The molecule has 2 aliphatic carbocycles. The number of allylic oxidation sites excluding steroid dienone is 1. The van der Waals surface area contributed by atoms with E-state index in [0.717, 1.165) is 23.4 Å². The molecule has 0 saturated carbocycles. The number of rotatable bonds is 3. The fraction of sp³-hybridized carbons (Fsp3) is 0.375. The molecular formula is C24H24ClNO4S. The number of hydrogen-bond acceptors (Lipinski definition) is 6. The van der Waals surface area contributed by atoms with E-state index < -0.39 is 5.41 Å². The molecule has 5 rings (SSSR count). The zero-order chi connectivity index (χ0) is 21.9. The minimum atomic E-state index is -0.550. The number of thioether (sulfide) groups is 1. The van der Waals surface area contributed by atoms with Gasteiger partial charge in [-0.05, 0) is 62.0 Å². The van der Waals surface area contributed by atoms with Crippen molar-refractivity contribution in [2.45, 2.75) is 34.4 Å². The van der Waals surface area contributed by atoms with Gasteiger partial charge in [0.1, 0.15) is 0 Å². The molecule has 0 aromatic heterocycles. The molecule has 0 unspecified atom stereocenters. The monoisotopic (exact) mass is 457 g/mol. The first-order valence-corrected chi connectivity index (χ1v) is 11.6. The van der Waals surface area contributed by atoms with Crippen molar-refractivity contribution in [2.75, 3.05) is 20.7 Å². The minimum Gasteiger partial charge on any atom is -0.504 e. The number of ether oxygens (including phenoxy) is 1. The summed E-state index contributed by atoms with van der Waals surface area (Å²) in [4.78, 5) is 16.3. The SMILES string of the molecule is COC1=C[C@@H]2[C@@H]3[C@H](Sc4ccc(Cl)cc4)c4ccc(O)c(O)c4[C@]2(CCN3C)CC1=O. The van der Waals surface area contributed by atoms with Crippen molar-refractivity contribution >= 4 is 29.1 Å². The highest BCUT2D eigenvalue weighted by atomic mass is 35.5. The van der Waals surface area contributed by atoms with Crippen LogP contribution in [-0.2, 0) is 14.9 Å². The fourth-order valence-corrected chi connectivity index (χ4v) is 7.25. The highest BCUT2D eigenvalue weighted by Gasteiger charge is 2.59. The Balaban J connectivity index is 1.74. The van der Waals surface area contributed by atoms with Gasteiger partial charge in [-0.25, -0.2) is 0 Å². The summed E-state index contributed by atoms with van der Waals surface area (Å²) in [5.41, 5.74) is 1.14. The van der Waals surface area contributed by atoms with Gasteiger partial charge < -0.3 is 19.8 Å². The molecule has 5 nitrogen and oxygen atoms in total. The predicted octanol–water partition coefficient (Wildman–Crippen LogP) is 4.66. The number of piperidine rings is 1. The smallest absolute Gasteiger partial charge is 0.197 e. The molecule has 0 radical (unpaired) electrons. The van der Waals surface area contributed by atoms with Crippen molar-refractivity contribution < 1.29 is 19.7 Å². The summed E-state index contributed by atoms with van der Waals surface area (Å²) in [5.74, 6) is 0.0606. The van der Waals surface area contributed by atoms with Crippen molar-refractivity contribution in [1.82, 2.24) is 4.90 Å². The first kappa shape index (κ1) is 20.7. The maximum Gasteiger partial charge on any atom is 0.197 e. The van der Waals surface area contributed by atoms with E-state index in [1.807, 2.05) is 36.4 Å². The Bertz CT molecular complexity index is 1090. The van der Waals surface area contributed by atoms with Crippen LogP contribution in [0.4, 0.5) is 0 Å². The van der Waals surface area contributed by atoms with Crippen molar-refractivity contribution in [3.63, 3.8) is 0 Å². The molecule has 1 fully saturated rings. The summed E-state index contributed by atoms with van der Waals surface area (Å²) < 4.78 is 5.42. The lowest BCUT2D eigenvalue weighted by atomic mass is 9.53. The number of likely N-dealkylation sites (tertiary alicyclic amines) is 1. The number of methoxy groups -OCH3 is 1. The van der Waals surface area contributed by atoms with Gasteiger partial charge in [0.2, 0.25) is 0 Å². The van der Waals surface area contributed by atoms with E-state index in [2.05, 4.69) is 11.9 Å². The van der Waals surface area contributed by atoms with Crippen LogP contribution in [0, 0.1) is 5.92 Å². The number of halogens is 1. The molecule has 7 heteroatoms. The number of phenols is 2. The van der Waals surface area contributed by atoms with Crippen LogP contribution in [0.25, 0.3) is 0 Å². The van der Waals surface area contributed by atoms with Crippen LogP contribution in [0.1, 0.15) is 29.2 Å². The molecule has 1 saturated heterocycles. The van der Waals surface area contributed by atoms with Crippen LogP contribution >= 0.6 is 23.4 Å². The van der Waals surface area contributed by atoms with Crippen molar-refractivity contribution in [1.29, 1.82) is 0 Å². The van der Waals surface area contributed by atoms with Crippen LogP contribution in [0.2, 0.25) is 5.02 Å². The number of hydrogen-bond donors (Lipinski definition) is 2. The summed E-state index contributed by atoms with van der Waals surface area (Å²) in [6.45, 7) is 0.802. The highest BCUT2D eigenvalue weighted by Crippen LogP contribution is 2.63. The maximum atomic E-state index is 12.9. The van der Waals surface area contributed by atoms with Gasteiger partial charge in [-0.2, -0.15) is 0 Å². The standard InChI is InChI=1S/C24H24ClNO4S/c1-26-10-9-24-12-18(28)19(30-2)11-16(24)21(26)23(31-14-5-3-13(25)4-6-14)15-7-8-17(27)22(29)20(15)24/h3-8,11,16,21,23,27,29H,9-10,12H2,1-2H3/t16-,21-,23-,24-/m1/s1. The van der Waals surface area contributed by atoms with E-state index in [9.17, 15) is 15.0 Å². The molecule has 162 valence electrons. The van der Waals surface area contributed by atoms with Gasteiger partial charge >= 0.3 is 0 Å². The van der Waals surface area contributed by atoms with Crippen molar-refractivity contribution in [2.24, 2.45) is 5.92 Å². The molecule has 2 aromatic rings. The van der Waals surface area contributed by atoms with Gasteiger partial charge in [0.05, 0.1) is 12.4 Å². The molecule has 2 bridgehead atoms.